The third-order valence-electron chi connectivity index (χ3n) is 3.06. The van der Waals surface area contributed by atoms with Crippen molar-refractivity contribution in [2.24, 2.45) is 5.92 Å². The molecule has 0 amide bonds. The first-order chi connectivity index (χ1) is 8.24. The summed E-state index contributed by atoms with van der Waals surface area (Å²) < 4.78 is 2.04. The van der Waals surface area contributed by atoms with Gasteiger partial charge in [0.1, 0.15) is 5.52 Å². The van der Waals surface area contributed by atoms with Crippen LogP contribution in [-0.2, 0) is 0 Å². The number of para-hydroxylation sites is 1. The molecule has 1 atom stereocenters. The standard InChI is InChI=1S/C13H20N4/c1-4-14-9-13(10(2)3)17-12-8-6-5-7-11(12)15-16-17/h5-8,10,13-14H,4,9H2,1-3H3. The first-order valence-corrected chi connectivity index (χ1v) is 6.24. The molecule has 2 aromatic rings. The second-order valence-corrected chi connectivity index (χ2v) is 4.64. The monoisotopic (exact) mass is 232 g/mol. The first kappa shape index (κ1) is 12.0. The van der Waals surface area contributed by atoms with Crippen LogP contribution in [-0.4, -0.2) is 28.1 Å². The molecule has 1 aromatic carbocycles. The molecule has 1 heterocycles. The van der Waals surface area contributed by atoms with Crippen molar-refractivity contribution in [1.29, 1.82) is 0 Å². The summed E-state index contributed by atoms with van der Waals surface area (Å²) >= 11 is 0. The fourth-order valence-electron chi connectivity index (χ4n) is 2.03. The predicted molar refractivity (Wildman–Crippen MR) is 69.9 cm³/mol. The second kappa shape index (κ2) is 5.27. The summed E-state index contributed by atoms with van der Waals surface area (Å²) in [7, 11) is 0. The summed E-state index contributed by atoms with van der Waals surface area (Å²) in [6, 6.07) is 8.46. The number of likely N-dealkylation sites (N-methyl/N-ethyl adjacent to an activating group) is 1. The van der Waals surface area contributed by atoms with E-state index < -0.39 is 0 Å². The van der Waals surface area contributed by atoms with E-state index in [-0.39, 0.29) is 0 Å². The number of aromatic nitrogens is 3. The van der Waals surface area contributed by atoms with Gasteiger partial charge in [0.15, 0.2) is 0 Å². The summed E-state index contributed by atoms with van der Waals surface area (Å²) in [4.78, 5) is 0. The lowest BCUT2D eigenvalue weighted by atomic mass is 10.0. The van der Waals surface area contributed by atoms with E-state index in [1.54, 1.807) is 0 Å². The van der Waals surface area contributed by atoms with Gasteiger partial charge < -0.3 is 5.32 Å². The van der Waals surface area contributed by atoms with Crippen molar-refractivity contribution in [2.75, 3.05) is 13.1 Å². The summed E-state index contributed by atoms with van der Waals surface area (Å²) in [6.45, 7) is 8.48. The number of fused-ring (bicyclic) bond motifs is 1. The lowest BCUT2D eigenvalue weighted by Gasteiger charge is -2.21. The van der Waals surface area contributed by atoms with Gasteiger partial charge in [-0.05, 0) is 24.6 Å². The van der Waals surface area contributed by atoms with E-state index >= 15 is 0 Å². The number of rotatable bonds is 5. The zero-order valence-electron chi connectivity index (χ0n) is 10.7. The highest BCUT2D eigenvalue weighted by atomic mass is 15.4. The SMILES string of the molecule is CCNCC(C(C)C)n1nnc2ccccc21. The largest absolute Gasteiger partial charge is 0.315 e. The van der Waals surface area contributed by atoms with Gasteiger partial charge in [-0.3, -0.25) is 0 Å². The van der Waals surface area contributed by atoms with Crippen LogP contribution in [0.3, 0.4) is 0 Å². The fraction of sp³-hybridized carbons (Fsp3) is 0.538. The van der Waals surface area contributed by atoms with E-state index in [1.807, 2.05) is 22.9 Å². The molecule has 92 valence electrons. The maximum atomic E-state index is 4.30. The van der Waals surface area contributed by atoms with Gasteiger partial charge in [-0.25, -0.2) is 4.68 Å². The van der Waals surface area contributed by atoms with Crippen molar-refractivity contribution in [3.8, 4) is 0 Å². The Hall–Kier alpha value is -1.42. The van der Waals surface area contributed by atoms with Crippen molar-refractivity contribution >= 4 is 11.0 Å². The Bertz CT molecular complexity index is 475. The fourth-order valence-corrected chi connectivity index (χ4v) is 2.03. The molecule has 0 saturated carbocycles. The Morgan fingerprint density at radius 1 is 1.29 bits per heavy atom. The molecule has 0 fully saturated rings. The smallest absolute Gasteiger partial charge is 0.113 e. The predicted octanol–water partition coefficient (Wildman–Crippen LogP) is 2.24. The van der Waals surface area contributed by atoms with Crippen LogP contribution < -0.4 is 5.32 Å². The quantitative estimate of drug-likeness (QED) is 0.859. The van der Waals surface area contributed by atoms with Crippen LogP contribution in [0.4, 0.5) is 0 Å². The van der Waals surface area contributed by atoms with Crippen LogP contribution in [0.15, 0.2) is 24.3 Å². The number of nitrogens with one attached hydrogen (secondary N) is 1. The van der Waals surface area contributed by atoms with Gasteiger partial charge in [-0.2, -0.15) is 0 Å². The summed E-state index contributed by atoms with van der Waals surface area (Å²) in [5.74, 6) is 0.527. The number of hydrogen-bond acceptors (Lipinski definition) is 3. The van der Waals surface area contributed by atoms with Gasteiger partial charge in [0.05, 0.1) is 11.6 Å². The highest BCUT2D eigenvalue weighted by molar-refractivity contribution is 5.73. The molecule has 4 nitrogen and oxygen atoms in total. The van der Waals surface area contributed by atoms with E-state index in [1.165, 1.54) is 0 Å². The molecule has 17 heavy (non-hydrogen) atoms. The molecular weight excluding hydrogens is 212 g/mol. The zero-order chi connectivity index (χ0) is 12.3. The molecular formula is C13H20N4. The van der Waals surface area contributed by atoms with Crippen LogP contribution in [0.5, 0.6) is 0 Å². The third kappa shape index (κ3) is 2.47. The van der Waals surface area contributed by atoms with E-state index in [0.29, 0.717) is 12.0 Å². The summed E-state index contributed by atoms with van der Waals surface area (Å²) in [6.07, 6.45) is 0. The lowest BCUT2D eigenvalue weighted by Crippen LogP contribution is -2.29. The maximum absolute atomic E-state index is 4.30. The number of nitrogens with zero attached hydrogens (tertiary/aromatic N) is 3. The molecule has 0 aliphatic rings. The summed E-state index contributed by atoms with van der Waals surface area (Å²) in [5, 5.41) is 11.9. The topological polar surface area (TPSA) is 42.7 Å². The molecule has 4 heteroatoms. The first-order valence-electron chi connectivity index (χ1n) is 6.24. The molecule has 0 bridgehead atoms. The molecule has 1 unspecified atom stereocenters. The van der Waals surface area contributed by atoms with Gasteiger partial charge in [0.2, 0.25) is 0 Å². The van der Waals surface area contributed by atoms with Crippen molar-refractivity contribution in [1.82, 2.24) is 20.3 Å². The van der Waals surface area contributed by atoms with Crippen LogP contribution in [0.1, 0.15) is 26.8 Å². The average Bonchev–Trinajstić information content (AvgIpc) is 2.73. The molecule has 0 spiro atoms. The Morgan fingerprint density at radius 3 is 2.76 bits per heavy atom. The molecule has 1 N–H and O–H groups in total. The molecule has 0 radical (unpaired) electrons. The average molecular weight is 232 g/mol. The van der Waals surface area contributed by atoms with Crippen molar-refractivity contribution in [2.45, 2.75) is 26.8 Å². The van der Waals surface area contributed by atoms with E-state index in [2.05, 4.69) is 42.5 Å². The van der Waals surface area contributed by atoms with Gasteiger partial charge in [-0.1, -0.05) is 38.1 Å². The van der Waals surface area contributed by atoms with Crippen LogP contribution in [0, 0.1) is 5.92 Å². The third-order valence-corrected chi connectivity index (χ3v) is 3.06. The Kier molecular flexibility index (Phi) is 3.74. The Morgan fingerprint density at radius 2 is 2.06 bits per heavy atom. The molecule has 0 aliphatic heterocycles. The van der Waals surface area contributed by atoms with Gasteiger partial charge in [0.25, 0.3) is 0 Å². The van der Waals surface area contributed by atoms with Crippen molar-refractivity contribution in [3.05, 3.63) is 24.3 Å². The van der Waals surface area contributed by atoms with Gasteiger partial charge in [-0.15, -0.1) is 5.10 Å². The van der Waals surface area contributed by atoms with E-state index in [0.717, 1.165) is 24.1 Å². The minimum Gasteiger partial charge on any atom is -0.315 e. The highest BCUT2D eigenvalue weighted by Gasteiger charge is 2.18. The Balaban J connectivity index is 2.34. The summed E-state index contributed by atoms with van der Waals surface area (Å²) in [5.41, 5.74) is 2.08. The van der Waals surface area contributed by atoms with E-state index in [9.17, 15) is 0 Å². The zero-order valence-corrected chi connectivity index (χ0v) is 10.7. The van der Waals surface area contributed by atoms with E-state index in [4.69, 9.17) is 0 Å². The van der Waals surface area contributed by atoms with Crippen molar-refractivity contribution < 1.29 is 0 Å². The van der Waals surface area contributed by atoms with Gasteiger partial charge in [0, 0.05) is 6.54 Å². The van der Waals surface area contributed by atoms with Crippen LogP contribution >= 0.6 is 0 Å². The van der Waals surface area contributed by atoms with Crippen LogP contribution in [0.25, 0.3) is 11.0 Å². The van der Waals surface area contributed by atoms with Crippen molar-refractivity contribution in [3.63, 3.8) is 0 Å². The highest BCUT2D eigenvalue weighted by Crippen LogP contribution is 2.21. The lowest BCUT2D eigenvalue weighted by molar-refractivity contribution is 0.335. The molecule has 1 aromatic heterocycles. The normalized spacial score (nSPS) is 13.4. The minimum absolute atomic E-state index is 0.349. The molecule has 0 saturated heterocycles. The minimum atomic E-state index is 0.349. The maximum Gasteiger partial charge on any atom is 0.113 e. The van der Waals surface area contributed by atoms with Gasteiger partial charge >= 0.3 is 0 Å². The molecule has 2 rings (SSSR count). The number of benzene rings is 1. The second-order valence-electron chi connectivity index (χ2n) is 4.64. The molecule has 0 aliphatic carbocycles. The van der Waals surface area contributed by atoms with Crippen LogP contribution in [0.2, 0.25) is 0 Å². The number of hydrogen-bond donors (Lipinski definition) is 1. The Labute approximate surface area is 102 Å².